The molecule has 1 aromatic heterocycles. The van der Waals surface area contributed by atoms with Crippen LogP contribution in [0.15, 0.2) is 28.0 Å². The monoisotopic (exact) mass is 258 g/mol. The minimum Gasteiger partial charge on any atom is -0.395 e. The molecule has 0 spiro atoms. The van der Waals surface area contributed by atoms with Crippen molar-refractivity contribution in [2.24, 2.45) is 0 Å². The van der Waals surface area contributed by atoms with Gasteiger partial charge in [-0.25, -0.2) is 8.42 Å². The molecule has 0 saturated carbocycles. The van der Waals surface area contributed by atoms with Crippen LogP contribution in [0.5, 0.6) is 0 Å². The summed E-state index contributed by atoms with van der Waals surface area (Å²) >= 11 is 0. The lowest BCUT2D eigenvalue weighted by molar-refractivity contribution is 0.213. The van der Waals surface area contributed by atoms with Gasteiger partial charge in [0.15, 0.2) is 0 Å². The molecule has 1 saturated heterocycles. The zero-order valence-electron chi connectivity index (χ0n) is 9.17. The third kappa shape index (κ3) is 2.26. The van der Waals surface area contributed by atoms with Crippen LogP contribution >= 0.6 is 0 Å². The van der Waals surface area contributed by atoms with Crippen LogP contribution in [0.4, 0.5) is 0 Å². The largest absolute Gasteiger partial charge is 0.395 e. The number of aliphatic hydroxyl groups excluding tert-OH is 1. The van der Waals surface area contributed by atoms with E-state index in [1.165, 1.54) is 22.6 Å². The van der Waals surface area contributed by atoms with Gasteiger partial charge in [-0.15, -0.1) is 0 Å². The Morgan fingerprint density at radius 3 is 2.82 bits per heavy atom. The highest BCUT2D eigenvalue weighted by atomic mass is 32.2. The highest BCUT2D eigenvalue weighted by Gasteiger charge is 2.34. The summed E-state index contributed by atoms with van der Waals surface area (Å²) in [6.45, 7) is 0.231. The van der Waals surface area contributed by atoms with Crippen molar-refractivity contribution in [3.63, 3.8) is 0 Å². The zero-order valence-corrected chi connectivity index (χ0v) is 9.98. The number of pyridine rings is 1. The Morgan fingerprint density at radius 2 is 2.24 bits per heavy atom. The third-order valence-electron chi connectivity index (χ3n) is 2.90. The summed E-state index contributed by atoms with van der Waals surface area (Å²) < 4.78 is 25.7. The van der Waals surface area contributed by atoms with E-state index in [0.29, 0.717) is 13.0 Å². The molecular weight excluding hydrogens is 244 g/mol. The van der Waals surface area contributed by atoms with Crippen LogP contribution < -0.4 is 5.56 Å². The second-order valence-corrected chi connectivity index (χ2v) is 5.87. The van der Waals surface area contributed by atoms with Crippen LogP contribution in [0.1, 0.15) is 12.8 Å². The van der Waals surface area contributed by atoms with Gasteiger partial charge in [-0.05, 0) is 18.9 Å². The van der Waals surface area contributed by atoms with Gasteiger partial charge < -0.3 is 10.1 Å². The molecule has 94 valence electrons. The average Bonchev–Trinajstić information content (AvgIpc) is 2.78. The fourth-order valence-electron chi connectivity index (χ4n) is 2.00. The lowest BCUT2D eigenvalue weighted by Crippen LogP contribution is -2.37. The quantitative estimate of drug-likeness (QED) is 0.766. The molecule has 1 fully saturated rings. The van der Waals surface area contributed by atoms with E-state index >= 15 is 0 Å². The molecule has 6 nitrogen and oxygen atoms in total. The predicted octanol–water partition coefficient (Wildman–Crippen LogP) is -0.480. The molecule has 2 rings (SSSR count). The number of hydrogen-bond acceptors (Lipinski definition) is 4. The van der Waals surface area contributed by atoms with Crippen LogP contribution in [-0.4, -0.2) is 42.0 Å². The van der Waals surface area contributed by atoms with Crippen molar-refractivity contribution in [2.45, 2.75) is 23.8 Å². The predicted molar refractivity (Wildman–Crippen MR) is 61.1 cm³/mol. The molecule has 0 radical (unpaired) electrons. The van der Waals surface area contributed by atoms with Gasteiger partial charge >= 0.3 is 0 Å². The molecule has 1 atom stereocenters. The first-order valence-corrected chi connectivity index (χ1v) is 6.81. The topological polar surface area (TPSA) is 90.5 Å². The minimum atomic E-state index is -3.61. The number of nitrogens with zero attached hydrogens (tertiary/aromatic N) is 1. The van der Waals surface area contributed by atoms with Gasteiger partial charge in [0.25, 0.3) is 0 Å². The Hall–Kier alpha value is -1.18. The van der Waals surface area contributed by atoms with Crippen LogP contribution in [0.3, 0.4) is 0 Å². The zero-order chi connectivity index (χ0) is 12.5. The third-order valence-corrected chi connectivity index (χ3v) is 4.84. The lowest BCUT2D eigenvalue weighted by Gasteiger charge is -2.22. The van der Waals surface area contributed by atoms with Gasteiger partial charge in [0.05, 0.1) is 11.5 Å². The van der Waals surface area contributed by atoms with E-state index in [1.54, 1.807) is 0 Å². The molecule has 1 aliphatic rings. The van der Waals surface area contributed by atoms with Crippen molar-refractivity contribution in [3.8, 4) is 0 Å². The second kappa shape index (κ2) is 4.59. The van der Waals surface area contributed by atoms with Gasteiger partial charge in [-0.1, -0.05) is 0 Å². The molecule has 1 aromatic rings. The Bertz CT molecular complexity index is 531. The Kier molecular flexibility index (Phi) is 3.32. The van der Waals surface area contributed by atoms with Crippen LogP contribution in [0, 0.1) is 0 Å². The average molecular weight is 258 g/mol. The standard InChI is InChI=1S/C10H14N2O4S/c13-7-8-2-1-5-12(8)17(15,16)9-3-4-10(14)11-6-9/h3-4,6,8,13H,1-2,5,7H2,(H,11,14)/t8-/m1/s1. The van der Waals surface area contributed by atoms with E-state index in [0.717, 1.165) is 6.42 Å². The van der Waals surface area contributed by atoms with E-state index in [4.69, 9.17) is 5.11 Å². The van der Waals surface area contributed by atoms with E-state index in [2.05, 4.69) is 4.98 Å². The highest BCUT2D eigenvalue weighted by molar-refractivity contribution is 7.89. The molecule has 0 bridgehead atoms. The number of hydrogen-bond donors (Lipinski definition) is 2. The Labute approximate surface area is 98.9 Å². The van der Waals surface area contributed by atoms with Crippen molar-refractivity contribution < 1.29 is 13.5 Å². The van der Waals surface area contributed by atoms with E-state index < -0.39 is 10.0 Å². The summed E-state index contributed by atoms with van der Waals surface area (Å²) in [6.07, 6.45) is 2.59. The van der Waals surface area contributed by atoms with Crippen molar-refractivity contribution in [1.82, 2.24) is 9.29 Å². The molecule has 0 unspecified atom stereocenters. The number of rotatable bonds is 3. The molecule has 0 aliphatic carbocycles. The molecule has 0 aromatic carbocycles. The van der Waals surface area contributed by atoms with Crippen molar-refractivity contribution >= 4 is 10.0 Å². The van der Waals surface area contributed by atoms with Crippen molar-refractivity contribution in [2.75, 3.05) is 13.2 Å². The summed E-state index contributed by atoms with van der Waals surface area (Å²) in [5.74, 6) is 0. The Morgan fingerprint density at radius 1 is 1.47 bits per heavy atom. The van der Waals surface area contributed by atoms with Gasteiger partial charge in [0.2, 0.25) is 15.6 Å². The maximum atomic E-state index is 12.2. The van der Waals surface area contributed by atoms with Gasteiger partial charge in [-0.2, -0.15) is 4.31 Å². The van der Waals surface area contributed by atoms with Crippen LogP contribution in [-0.2, 0) is 10.0 Å². The first kappa shape index (κ1) is 12.3. The second-order valence-electron chi connectivity index (χ2n) is 3.98. The van der Waals surface area contributed by atoms with E-state index in [9.17, 15) is 13.2 Å². The van der Waals surface area contributed by atoms with Crippen LogP contribution in [0.25, 0.3) is 0 Å². The lowest BCUT2D eigenvalue weighted by atomic mass is 10.2. The summed E-state index contributed by atoms with van der Waals surface area (Å²) in [5.41, 5.74) is -0.343. The minimum absolute atomic E-state index is 0.0532. The fraction of sp³-hybridized carbons (Fsp3) is 0.500. The Balaban J connectivity index is 2.36. The maximum Gasteiger partial charge on any atom is 0.247 e. The van der Waals surface area contributed by atoms with Crippen LogP contribution in [0.2, 0.25) is 0 Å². The normalized spacial score (nSPS) is 21.8. The van der Waals surface area contributed by atoms with E-state index in [-0.39, 0.29) is 23.1 Å². The summed E-state index contributed by atoms with van der Waals surface area (Å²) in [5, 5.41) is 9.13. The van der Waals surface area contributed by atoms with Crippen molar-refractivity contribution in [1.29, 1.82) is 0 Å². The summed E-state index contributed by atoms with van der Waals surface area (Å²) in [4.78, 5) is 13.3. The SMILES string of the molecule is O=c1ccc(S(=O)(=O)N2CCC[C@@H]2CO)c[nH]1. The first-order valence-electron chi connectivity index (χ1n) is 5.37. The summed E-state index contributed by atoms with van der Waals surface area (Å²) in [7, 11) is -3.61. The smallest absolute Gasteiger partial charge is 0.247 e. The van der Waals surface area contributed by atoms with Gasteiger partial charge in [0, 0.05) is 24.8 Å². The summed E-state index contributed by atoms with van der Waals surface area (Å²) in [6, 6.07) is 2.10. The molecular formula is C10H14N2O4S. The number of nitrogens with one attached hydrogen (secondary N) is 1. The number of H-pyrrole nitrogens is 1. The molecule has 1 aliphatic heterocycles. The molecule has 7 heteroatoms. The van der Waals surface area contributed by atoms with Crippen molar-refractivity contribution in [3.05, 3.63) is 28.7 Å². The molecule has 0 amide bonds. The van der Waals surface area contributed by atoms with Gasteiger partial charge in [-0.3, -0.25) is 4.79 Å². The molecule has 2 N–H and O–H groups in total. The number of aliphatic hydroxyl groups is 1. The highest BCUT2D eigenvalue weighted by Crippen LogP contribution is 2.24. The first-order chi connectivity index (χ1) is 8.05. The van der Waals surface area contributed by atoms with E-state index in [1.807, 2.05) is 0 Å². The maximum absolute atomic E-state index is 12.2. The number of aromatic amines is 1. The number of aromatic nitrogens is 1. The fourth-order valence-corrected chi connectivity index (χ4v) is 3.65. The number of sulfonamides is 1. The molecule has 2 heterocycles. The molecule has 17 heavy (non-hydrogen) atoms. The van der Waals surface area contributed by atoms with Gasteiger partial charge in [0.1, 0.15) is 0 Å².